The molecule has 1 saturated heterocycles. The molecule has 19 nitrogen and oxygen atoms in total. The number of rotatable bonds is 10. The third kappa shape index (κ3) is 8.00. The van der Waals surface area contributed by atoms with E-state index < -0.39 is 130 Å². The van der Waals surface area contributed by atoms with Gasteiger partial charge in [0.1, 0.15) is 18.8 Å². The second-order valence-corrected chi connectivity index (χ2v) is 11.5. The molecule has 4 aromatic carbocycles. The molecular formula is C35H29NO18. The van der Waals surface area contributed by atoms with Crippen LogP contribution in [0.15, 0.2) is 66.7 Å². The zero-order valence-corrected chi connectivity index (χ0v) is 27.2. The Balaban J connectivity index is 1.54. The van der Waals surface area contributed by atoms with Crippen LogP contribution in [0, 0.1) is 11.3 Å². The topological polar surface area (TPSA) is 323 Å². The Labute approximate surface area is 302 Å². The minimum atomic E-state index is -2.13. The summed E-state index contributed by atoms with van der Waals surface area (Å²) in [4.78, 5) is 39.7. The van der Waals surface area contributed by atoms with Gasteiger partial charge in [0.15, 0.2) is 70.1 Å². The standard InChI is InChI=1S/C35H29NO18/c36-12-24(14-4-2-1-3-5-14)51-35-31(54-34(49)17-10-22(41)28(45)23(42)11-17)30(53-33(48)16-8-20(39)27(44)21(40)9-16)29(46)25(52-35)13-50-32(47)15-6-18(37)26(43)19(38)7-15/h1-11,24-25,29-31,35,37-46H,13H2. The molecule has 1 aliphatic heterocycles. The van der Waals surface area contributed by atoms with E-state index in [0.29, 0.717) is 24.3 Å². The summed E-state index contributed by atoms with van der Waals surface area (Å²) in [6.45, 7) is -0.917. The van der Waals surface area contributed by atoms with Crippen LogP contribution in [-0.4, -0.2) is 106 Å². The van der Waals surface area contributed by atoms with Gasteiger partial charge in [-0.3, -0.25) is 0 Å². The number of esters is 3. The van der Waals surface area contributed by atoms with Gasteiger partial charge >= 0.3 is 17.9 Å². The SMILES string of the molecule is N#CC(OC1OC(COC(=O)c2cc(O)c(O)c(O)c2)C(O)C(OC(=O)c2cc(O)c(O)c(O)c2)C1OC(=O)c1cc(O)c(O)c(O)c1)c1ccccc1. The molecule has 0 saturated carbocycles. The highest BCUT2D eigenvalue weighted by atomic mass is 16.7. The second kappa shape index (κ2) is 15.6. The van der Waals surface area contributed by atoms with Crippen LogP contribution in [0.3, 0.4) is 0 Å². The lowest BCUT2D eigenvalue weighted by Gasteiger charge is -2.43. The Morgan fingerprint density at radius 1 is 0.648 bits per heavy atom. The molecule has 6 atom stereocenters. The van der Waals surface area contributed by atoms with Crippen molar-refractivity contribution in [2.24, 2.45) is 0 Å². The summed E-state index contributed by atoms with van der Waals surface area (Å²) in [5.74, 6) is -12.5. The molecular weight excluding hydrogens is 722 g/mol. The molecule has 10 N–H and O–H groups in total. The Kier molecular flexibility index (Phi) is 11.0. The molecule has 5 rings (SSSR count). The number of nitriles is 1. The largest absolute Gasteiger partial charge is 0.504 e. The van der Waals surface area contributed by atoms with Crippen LogP contribution in [0.2, 0.25) is 0 Å². The highest BCUT2D eigenvalue weighted by Crippen LogP contribution is 2.39. The van der Waals surface area contributed by atoms with E-state index in [0.717, 1.165) is 12.1 Å². The number of phenols is 9. The first-order valence-electron chi connectivity index (χ1n) is 15.4. The third-order valence-electron chi connectivity index (χ3n) is 7.89. The van der Waals surface area contributed by atoms with Gasteiger partial charge in [-0.15, -0.1) is 0 Å². The minimum Gasteiger partial charge on any atom is -0.504 e. The summed E-state index contributed by atoms with van der Waals surface area (Å²) >= 11 is 0. The van der Waals surface area contributed by atoms with Gasteiger partial charge in [0, 0.05) is 0 Å². The number of phenolic OH excluding ortho intramolecular Hbond substituents is 9. The van der Waals surface area contributed by atoms with Gasteiger partial charge in [0.2, 0.25) is 6.29 Å². The van der Waals surface area contributed by atoms with E-state index in [1.54, 1.807) is 18.2 Å². The highest BCUT2D eigenvalue weighted by molar-refractivity contribution is 5.92. The van der Waals surface area contributed by atoms with Gasteiger partial charge in [-0.05, 0) is 42.0 Å². The van der Waals surface area contributed by atoms with E-state index in [4.69, 9.17) is 23.7 Å². The normalized spacial score (nSPS) is 19.9. The molecule has 0 aromatic heterocycles. The maximum Gasteiger partial charge on any atom is 0.339 e. The van der Waals surface area contributed by atoms with E-state index in [1.807, 2.05) is 6.07 Å². The second-order valence-electron chi connectivity index (χ2n) is 11.5. The Morgan fingerprint density at radius 2 is 1.06 bits per heavy atom. The fraction of sp³-hybridized carbons (Fsp3) is 0.200. The lowest BCUT2D eigenvalue weighted by Crippen LogP contribution is -2.62. The summed E-state index contributed by atoms with van der Waals surface area (Å²) in [5.41, 5.74) is -1.43. The number of aliphatic hydroxyl groups excluding tert-OH is 1. The van der Waals surface area contributed by atoms with Crippen molar-refractivity contribution in [3.8, 4) is 57.8 Å². The van der Waals surface area contributed by atoms with E-state index in [2.05, 4.69) is 0 Å². The maximum absolute atomic E-state index is 13.4. The molecule has 1 heterocycles. The Bertz CT molecular complexity index is 2050. The smallest absolute Gasteiger partial charge is 0.339 e. The van der Waals surface area contributed by atoms with E-state index >= 15 is 0 Å². The van der Waals surface area contributed by atoms with Crippen LogP contribution in [0.4, 0.5) is 0 Å². The maximum atomic E-state index is 13.4. The number of ether oxygens (including phenoxy) is 5. The summed E-state index contributed by atoms with van der Waals surface area (Å²) in [6, 6.07) is 13.8. The van der Waals surface area contributed by atoms with Gasteiger partial charge < -0.3 is 74.7 Å². The van der Waals surface area contributed by atoms with Gasteiger partial charge in [0.25, 0.3) is 0 Å². The van der Waals surface area contributed by atoms with Crippen LogP contribution < -0.4 is 0 Å². The predicted octanol–water partition coefficient (Wildman–Crippen LogP) is 2.01. The molecule has 282 valence electrons. The Hall–Kier alpha value is -7.14. The lowest BCUT2D eigenvalue weighted by molar-refractivity contribution is -0.306. The van der Waals surface area contributed by atoms with Crippen LogP contribution in [0.1, 0.15) is 42.7 Å². The van der Waals surface area contributed by atoms with Crippen LogP contribution >= 0.6 is 0 Å². The highest BCUT2D eigenvalue weighted by Gasteiger charge is 2.52. The number of aliphatic hydroxyl groups is 1. The molecule has 0 aliphatic carbocycles. The van der Waals surface area contributed by atoms with Crippen molar-refractivity contribution >= 4 is 17.9 Å². The van der Waals surface area contributed by atoms with E-state index in [9.17, 15) is 70.7 Å². The van der Waals surface area contributed by atoms with Gasteiger partial charge in [-0.25, -0.2) is 14.4 Å². The summed E-state index contributed by atoms with van der Waals surface area (Å²) in [5, 5.41) is 110. The summed E-state index contributed by atoms with van der Waals surface area (Å²) in [7, 11) is 0. The molecule has 19 heteroatoms. The number of hydrogen-bond acceptors (Lipinski definition) is 19. The van der Waals surface area contributed by atoms with Crippen molar-refractivity contribution in [3.63, 3.8) is 0 Å². The molecule has 54 heavy (non-hydrogen) atoms. The lowest BCUT2D eigenvalue weighted by atomic mass is 9.98. The molecule has 6 unspecified atom stereocenters. The summed E-state index contributed by atoms with van der Waals surface area (Å²) in [6.07, 6.45) is -11.6. The zero-order chi connectivity index (χ0) is 39.4. The summed E-state index contributed by atoms with van der Waals surface area (Å²) < 4.78 is 27.9. The predicted molar refractivity (Wildman–Crippen MR) is 174 cm³/mol. The van der Waals surface area contributed by atoms with Crippen LogP contribution in [-0.2, 0) is 23.7 Å². The number of nitrogens with zero attached hydrogens (tertiary/aromatic N) is 1. The van der Waals surface area contributed by atoms with Crippen molar-refractivity contribution in [1.29, 1.82) is 5.26 Å². The molecule has 1 fully saturated rings. The number of aromatic hydroxyl groups is 9. The van der Waals surface area contributed by atoms with Gasteiger partial charge in [-0.1, -0.05) is 30.3 Å². The molecule has 0 radical (unpaired) electrons. The van der Waals surface area contributed by atoms with Crippen molar-refractivity contribution in [1.82, 2.24) is 0 Å². The molecule has 0 amide bonds. The first-order valence-corrected chi connectivity index (χ1v) is 15.4. The molecule has 0 spiro atoms. The van der Waals surface area contributed by atoms with Gasteiger partial charge in [-0.2, -0.15) is 5.26 Å². The molecule has 4 aromatic rings. The first kappa shape index (κ1) is 38.1. The van der Waals surface area contributed by atoms with E-state index in [1.165, 1.54) is 12.1 Å². The van der Waals surface area contributed by atoms with Crippen LogP contribution in [0.5, 0.6) is 51.7 Å². The number of benzene rings is 4. The fourth-order valence-electron chi connectivity index (χ4n) is 5.13. The number of carbonyl (C=O) groups is 3. The average molecular weight is 752 g/mol. The first-order chi connectivity index (χ1) is 25.6. The Morgan fingerprint density at radius 3 is 1.48 bits per heavy atom. The quantitative estimate of drug-likeness (QED) is 0.0629. The van der Waals surface area contributed by atoms with Crippen molar-refractivity contribution in [2.45, 2.75) is 36.8 Å². The fourth-order valence-corrected chi connectivity index (χ4v) is 5.13. The number of hydrogen-bond donors (Lipinski definition) is 10. The van der Waals surface area contributed by atoms with Crippen LogP contribution in [0.25, 0.3) is 0 Å². The van der Waals surface area contributed by atoms with E-state index in [-0.39, 0.29) is 5.56 Å². The van der Waals surface area contributed by atoms with Crippen molar-refractivity contribution < 1.29 is 89.1 Å². The average Bonchev–Trinajstić information content (AvgIpc) is 3.14. The number of carbonyl (C=O) groups excluding carboxylic acids is 3. The monoisotopic (exact) mass is 751 g/mol. The molecule has 1 aliphatic rings. The zero-order valence-electron chi connectivity index (χ0n) is 27.2. The van der Waals surface area contributed by atoms with Gasteiger partial charge in [0.05, 0.1) is 22.8 Å². The van der Waals surface area contributed by atoms with Crippen molar-refractivity contribution in [2.75, 3.05) is 6.61 Å². The third-order valence-corrected chi connectivity index (χ3v) is 7.89. The van der Waals surface area contributed by atoms with Crippen molar-refractivity contribution in [3.05, 3.63) is 89.0 Å². The molecule has 0 bridgehead atoms. The minimum absolute atomic E-state index is 0.242.